The van der Waals surface area contributed by atoms with E-state index in [9.17, 15) is 9.00 Å². The van der Waals surface area contributed by atoms with Crippen molar-refractivity contribution in [2.45, 2.75) is 17.7 Å². The van der Waals surface area contributed by atoms with Gasteiger partial charge < -0.3 is 4.74 Å². The van der Waals surface area contributed by atoms with Gasteiger partial charge in [-0.05, 0) is 23.8 Å². The SMILES string of the molecule is COc1ccc(C=CC2=NNC(=O)CC2)cc1S(C)=O. The number of nitrogens with one attached hydrogen (secondary N) is 1. The number of hydrogen-bond donors (Lipinski definition) is 1. The Morgan fingerprint density at radius 1 is 1.35 bits per heavy atom. The molecule has 1 aliphatic heterocycles. The number of allylic oxidation sites excluding steroid dienone is 1. The molecule has 0 fully saturated rings. The van der Waals surface area contributed by atoms with E-state index in [1.54, 1.807) is 19.4 Å². The Labute approximate surface area is 120 Å². The molecule has 0 saturated carbocycles. The molecule has 0 aliphatic carbocycles. The highest BCUT2D eigenvalue weighted by molar-refractivity contribution is 7.84. The van der Waals surface area contributed by atoms with Crippen LogP contribution >= 0.6 is 0 Å². The van der Waals surface area contributed by atoms with Gasteiger partial charge in [0, 0.05) is 19.1 Å². The van der Waals surface area contributed by atoms with Crippen LogP contribution in [0.25, 0.3) is 6.08 Å². The Balaban J connectivity index is 2.19. The second-order valence-corrected chi connectivity index (χ2v) is 5.68. The molecule has 0 spiro atoms. The third-order valence-corrected chi connectivity index (χ3v) is 3.84. The summed E-state index contributed by atoms with van der Waals surface area (Å²) in [4.78, 5) is 11.6. The number of benzene rings is 1. The Morgan fingerprint density at radius 3 is 2.75 bits per heavy atom. The van der Waals surface area contributed by atoms with E-state index in [0.29, 0.717) is 23.5 Å². The molecule has 1 amide bonds. The molecule has 5 nitrogen and oxygen atoms in total. The van der Waals surface area contributed by atoms with Gasteiger partial charge in [0.15, 0.2) is 0 Å². The summed E-state index contributed by atoms with van der Waals surface area (Å²) in [6, 6.07) is 5.50. The molecule has 1 aromatic rings. The van der Waals surface area contributed by atoms with E-state index in [-0.39, 0.29) is 5.91 Å². The van der Waals surface area contributed by atoms with Crippen molar-refractivity contribution in [3.63, 3.8) is 0 Å². The van der Waals surface area contributed by atoms with Crippen LogP contribution in [0.1, 0.15) is 18.4 Å². The van der Waals surface area contributed by atoms with Crippen LogP contribution in [0.3, 0.4) is 0 Å². The van der Waals surface area contributed by atoms with E-state index in [1.807, 2.05) is 24.3 Å². The molecule has 1 unspecified atom stereocenters. The summed E-state index contributed by atoms with van der Waals surface area (Å²) in [6.07, 6.45) is 6.43. The first-order chi connectivity index (χ1) is 9.60. The topological polar surface area (TPSA) is 67.8 Å². The van der Waals surface area contributed by atoms with Crippen molar-refractivity contribution < 1.29 is 13.7 Å². The number of methoxy groups -OCH3 is 1. The molecule has 0 radical (unpaired) electrons. The fourth-order valence-corrected chi connectivity index (χ4v) is 2.56. The highest BCUT2D eigenvalue weighted by Gasteiger charge is 2.09. The lowest BCUT2D eigenvalue weighted by molar-refractivity contribution is -0.121. The number of hydrazone groups is 1. The number of carbonyl (C=O) groups excluding carboxylic acids is 1. The number of nitrogens with zero attached hydrogens (tertiary/aromatic N) is 1. The fourth-order valence-electron chi connectivity index (χ4n) is 1.82. The minimum Gasteiger partial charge on any atom is -0.495 e. The number of hydrogen-bond acceptors (Lipinski definition) is 4. The maximum atomic E-state index is 11.7. The molecule has 1 aliphatic rings. The van der Waals surface area contributed by atoms with Crippen LogP contribution in [0.5, 0.6) is 5.75 Å². The highest BCUT2D eigenvalue weighted by Crippen LogP contribution is 2.23. The number of amides is 1. The number of carbonyl (C=O) groups is 1. The summed E-state index contributed by atoms with van der Waals surface area (Å²) in [5.41, 5.74) is 4.18. The van der Waals surface area contributed by atoms with Gasteiger partial charge in [-0.1, -0.05) is 12.1 Å². The monoisotopic (exact) mass is 292 g/mol. The zero-order valence-corrected chi connectivity index (χ0v) is 12.2. The number of rotatable bonds is 4. The molecule has 0 bridgehead atoms. The van der Waals surface area contributed by atoms with E-state index in [1.165, 1.54) is 0 Å². The van der Waals surface area contributed by atoms with Crippen LogP contribution in [-0.4, -0.2) is 29.2 Å². The van der Waals surface area contributed by atoms with Gasteiger partial charge in [0.2, 0.25) is 5.91 Å². The Kier molecular flexibility index (Phi) is 4.68. The molecule has 1 N–H and O–H groups in total. The first-order valence-electron chi connectivity index (χ1n) is 6.15. The van der Waals surface area contributed by atoms with Crippen LogP contribution in [0.4, 0.5) is 0 Å². The Hall–Kier alpha value is -1.95. The zero-order chi connectivity index (χ0) is 14.5. The van der Waals surface area contributed by atoms with Crippen molar-refractivity contribution in [3.05, 3.63) is 29.8 Å². The number of ether oxygens (including phenoxy) is 1. The molecule has 106 valence electrons. The molecule has 2 rings (SSSR count). The molecule has 0 saturated heterocycles. The molecule has 1 aromatic carbocycles. The highest BCUT2D eigenvalue weighted by atomic mass is 32.2. The molecule has 1 heterocycles. The molecule has 1 atom stereocenters. The maximum absolute atomic E-state index is 11.7. The minimum absolute atomic E-state index is 0.0599. The standard InChI is InChI=1S/C14H16N2O3S/c1-19-12-7-4-10(9-13(12)20(2)18)3-5-11-6-8-14(17)16-15-11/h3-5,7,9H,6,8H2,1-2H3,(H,16,17). The van der Waals surface area contributed by atoms with Crippen LogP contribution in [0.2, 0.25) is 0 Å². The lowest BCUT2D eigenvalue weighted by atomic mass is 10.1. The van der Waals surface area contributed by atoms with Gasteiger partial charge in [-0.2, -0.15) is 5.10 Å². The van der Waals surface area contributed by atoms with Crippen LogP contribution in [-0.2, 0) is 15.6 Å². The van der Waals surface area contributed by atoms with Crippen molar-refractivity contribution in [1.29, 1.82) is 0 Å². The largest absolute Gasteiger partial charge is 0.495 e. The summed E-state index contributed by atoms with van der Waals surface area (Å²) >= 11 is 0. The summed E-state index contributed by atoms with van der Waals surface area (Å²) in [7, 11) is 0.446. The van der Waals surface area contributed by atoms with Crippen molar-refractivity contribution in [1.82, 2.24) is 5.43 Å². The maximum Gasteiger partial charge on any atom is 0.240 e. The van der Waals surface area contributed by atoms with E-state index in [0.717, 1.165) is 11.3 Å². The van der Waals surface area contributed by atoms with Crippen LogP contribution in [0.15, 0.2) is 34.3 Å². The second-order valence-electron chi connectivity index (χ2n) is 4.34. The molecular weight excluding hydrogens is 276 g/mol. The van der Waals surface area contributed by atoms with E-state index < -0.39 is 10.8 Å². The van der Waals surface area contributed by atoms with Gasteiger partial charge in [0.25, 0.3) is 0 Å². The van der Waals surface area contributed by atoms with E-state index >= 15 is 0 Å². The molecule has 0 aromatic heterocycles. The van der Waals surface area contributed by atoms with Crippen molar-refractivity contribution in [2.75, 3.05) is 13.4 Å². The molecule has 20 heavy (non-hydrogen) atoms. The lowest BCUT2D eigenvalue weighted by Gasteiger charge is -2.09. The average Bonchev–Trinajstić information content (AvgIpc) is 2.46. The van der Waals surface area contributed by atoms with Gasteiger partial charge in [0.1, 0.15) is 5.75 Å². The molecule has 6 heteroatoms. The molecular formula is C14H16N2O3S. The predicted molar refractivity (Wildman–Crippen MR) is 79.2 cm³/mol. The van der Waals surface area contributed by atoms with Crippen molar-refractivity contribution in [3.8, 4) is 5.75 Å². The Morgan fingerprint density at radius 2 is 2.15 bits per heavy atom. The van der Waals surface area contributed by atoms with Gasteiger partial charge in [-0.3, -0.25) is 9.00 Å². The predicted octanol–water partition coefficient (Wildman–Crippen LogP) is 1.71. The summed E-state index contributed by atoms with van der Waals surface area (Å²) in [5.74, 6) is 0.556. The third kappa shape index (κ3) is 3.54. The fraction of sp³-hybridized carbons (Fsp3) is 0.286. The van der Waals surface area contributed by atoms with E-state index in [4.69, 9.17) is 4.74 Å². The zero-order valence-electron chi connectivity index (χ0n) is 11.4. The minimum atomic E-state index is -1.11. The first kappa shape index (κ1) is 14.5. The summed E-state index contributed by atoms with van der Waals surface area (Å²) in [5, 5.41) is 3.96. The van der Waals surface area contributed by atoms with Crippen molar-refractivity contribution >= 4 is 28.5 Å². The van der Waals surface area contributed by atoms with Crippen LogP contribution < -0.4 is 10.2 Å². The van der Waals surface area contributed by atoms with Crippen molar-refractivity contribution in [2.24, 2.45) is 5.10 Å². The summed E-state index contributed by atoms with van der Waals surface area (Å²) < 4.78 is 16.8. The van der Waals surface area contributed by atoms with E-state index in [2.05, 4.69) is 10.5 Å². The van der Waals surface area contributed by atoms with Gasteiger partial charge in [0.05, 0.1) is 28.5 Å². The van der Waals surface area contributed by atoms with Crippen LogP contribution in [0, 0.1) is 0 Å². The second kappa shape index (κ2) is 6.47. The lowest BCUT2D eigenvalue weighted by Crippen LogP contribution is -2.24. The van der Waals surface area contributed by atoms with Gasteiger partial charge in [-0.15, -0.1) is 0 Å². The first-order valence-corrected chi connectivity index (χ1v) is 7.71. The average molecular weight is 292 g/mol. The summed E-state index contributed by atoms with van der Waals surface area (Å²) in [6.45, 7) is 0. The quantitative estimate of drug-likeness (QED) is 0.918. The van der Waals surface area contributed by atoms with Gasteiger partial charge >= 0.3 is 0 Å². The smallest absolute Gasteiger partial charge is 0.240 e. The van der Waals surface area contributed by atoms with Gasteiger partial charge in [-0.25, -0.2) is 5.43 Å². The Bertz CT molecular complexity index is 608. The third-order valence-electron chi connectivity index (χ3n) is 2.90. The normalized spacial score (nSPS) is 16.7.